The number of aromatic nitrogens is 2. The minimum atomic E-state index is -0.875. The molecule has 1 aromatic rings. The van der Waals surface area contributed by atoms with Gasteiger partial charge in [-0.05, 0) is 26.7 Å². The number of β-amino-alcohol motifs (C(OH)–C–C–N with tert-alkyl or cyclic N) is 1. The Hall–Kier alpha value is -1.96. The highest BCUT2D eigenvalue weighted by Gasteiger charge is 2.33. The first-order valence-corrected chi connectivity index (χ1v) is 6.06. The minimum Gasteiger partial charge on any atom is -0.388 e. The number of aliphatic hydroxyl groups is 1. The average molecular weight is 267 g/mol. The summed E-state index contributed by atoms with van der Waals surface area (Å²) in [6.45, 7) is 4.14. The highest BCUT2D eigenvalue weighted by Crippen LogP contribution is 2.33. The molecule has 2 rings (SSSR count). The van der Waals surface area contributed by atoms with Gasteiger partial charge in [0.1, 0.15) is 5.69 Å². The largest absolute Gasteiger partial charge is 0.388 e. The van der Waals surface area contributed by atoms with Gasteiger partial charge in [0.15, 0.2) is 0 Å². The summed E-state index contributed by atoms with van der Waals surface area (Å²) in [5.41, 5.74) is 4.78. The fourth-order valence-electron chi connectivity index (χ4n) is 2.41. The number of aryl methyl sites for hydroxylation is 1. The van der Waals surface area contributed by atoms with Crippen molar-refractivity contribution in [1.82, 2.24) is 9.97 Å². The number of hydrogen-bond donors (Lipinski definition) is 2. The lowest BCUT2D eigenvalue weighted by Gasteiger charge is -2.37. The summed E-state index contributed by atoms with van der Waals surface area (Å²) in [4.78, 5) is 20.2. The molecule has 8 heteroatoms. The van der Waals surface area contributed by atoms with Crippen molar-refractivity contribution >= 4 is 17.5 Å². The number of hydrogen-bond acceptors (Lipinski definition) is 7. The molecule has 1 aliphatic heterocycles. The Bertz CT molecular complexity index is 517. The van der Waals surface area contributed by atoms with Crippen molar-refractivity contribution in [3.8, 4) is 0 Å². The van der Waals surface area contributed by atoms with Crippen molar-refractivity contribution in [2.45, 2.75) is 32.3 Å². The zero-order chi connectivity index (χ0) is 14.2. The van der Waals surface area contributed by atoms with E-state index in [2.05, 4.69) is 9.97 Å². The molecule has 0 amide bonds. The van der Waals surface area contributed by atoms with Crippen LogP contribution in [0.4, 0.5) is 17.5 Å². The lowest BCUT2D eigenvalue weighted by atomic mass is 9.95. The normalized spacial score (nSPS) is 23.4. The number of nitrogen functional groups attached to an aromatic ring is 1. The first kappa shape index (κ1) is 13.5. The zero-order valence-corrected chi connectivity index (χ0v) is 11.0. The van der Waals surface area contributed by atoms with Crippen molar-refractivity contribution in [2.24, 2.45) is 0 Å². The summed E-state index contributed by atoms with van der Waals surface area (Å²) >= 11 is 0. The fraction of sp³-hybridized carbons (Fsp3) is 0.636. The van der Waals surface area contributed by atoms with Crippen LogP contribution in [0.2, 0.25) is 0 Å². The SMILES string of the molecule is Cc1nc(N)nc(N2CCCC(C)(O)C2)c1[N+](=O)[O-]. The molecule has 0 radical (unpaired) electrons. The maximum Gasteiger partial charge on any atom is 0.332 e. The van der Waals surface area contributed by atoms with E-state index in [0.717, 1.165) is 6.42 Å². The maximum atomic E-state index is 11.2. The monoisotopic (exact) mass is 267 g/mol. The summed E-state index contributed by atoms with van der Waals surface area (Å²) in [7, 11) is 0. The van der Waals surface area contributed by atoms with Crippen molar-refractivity contribution < 1.29 is 10.0 Å². The number of nitro groups is 1. The third kappa shape index (κ3) is 2.73. The molecular weight excluding hydrogens is 250 g/mol. The van der Waals surface area contributed by atoms with Crippen LogP contribution in [0.25, 0.3) is 0 Å². The molecule has 104 valence electrons. The molecule has 3 N–H and O–H groups in total. The van der Waals surface area contributed by atoms with Crippen LogP contribution in [0, 0.1) is 17.0 Å². The van der Waals surface area contributed by atoms with Gasteiger partial charge in [0.2, 0.25) is 11.8 Å². The van der Waals surface area contributed by atoms with Gasteiger partial charge in [0, 0.05) is 13.1 Å². The number of rotatable bonds is 2. The first-order chi connectivity index (χ1) is 8.80. The Morgan fingerprint density at radius 2 is 2.21 bits per heavy atom. The molecule has 0 aromatic carbocycles. The van der Waals surface area contributed by atoms with E-state index in [1.54, 1.807) is 11.8 Å². The van der Waals surface area contributed by atoms with Gasteiger partial charge in [0.05, 0.1) is 10.5 Å². The first-order valence-electron chi connectivity index (χ1n) is 6.06. The van der Waals surface area contributed by atoms with Crippen molar-refractivity contribution in [2.75, 3.05) is 23.7 Å². The smallest absolute Gasteiger partial charge is 0.332 e. The second-order valence-corrected chi connectivity index (χ2v) is 5.12. The van der Waals surface area contributed by atoms with Crippen LogP contribution in [0.3, 0.4) is 0 Å². The Morgan fingerprint density at radius 1 is 1.53 bits per heavy atom. The molecule has 2 heterocycles. The standard InChI is InChI=1S/C11H17N5O3/c1-7-8(16(18)19)9(14-10(12)13-7)15-5-3-4-11(2,17)6-15/h17H,3-6H2,1-2H3,(H2,12,13,14). The van der Waals surface area contributed by atoms with Gasteiger partial charge in [0.25, 0.3) is 0 Å². The molecule has 8 nitrogen and oxygen atoms in total. The topological polar surface area (TPSA) is 118 Å². The highest BCUT2D eigenvalue weighted by atomic mass is 16.6. The van der Waals surface area contributed by atoms with Gasteiger partial charge < -0.3 is 15.7 Å². The van der Waals surface area contributed by atoms with Crippen molar-refractivity contribution in [3.63, 3.8) is 0 Å². The molecule has 1 aromatic heterocycles. The van der Waals surface area contributed by atoms with Gasteiger partial charge in [-0.1, -0.05) is 0 Å². The fourth-order valence-corrected chi connectivity index (χ4v) is 2.41. The molecule has 1 aliphatic rings. The lowest BCUT2D eigenvalue weighted by molar-refractivity contribution is -0.385. The second-order valence-electron chi connectivity index (χ2n) is 5.12. The quantitative estimate of drug-likeness (QED) is 0.595. The lowest BCUT2D eigenvalue weighted by Crippen LogP contribution is -2.46. The Kier molecular flexibility index (Phi) is 3.27. The molecule has 0 saturated carbocycles. The van der Waals surface area contributed by atoms with E-state index in [9.17, 15) is 15.2 Å². The van der Waals surface area contributed by atoms with Crippen LogP contribution in [0.15, 0.2) is 0 Å². The zero-order valence-electron chi connectivity index (χ0n) is 11.0. The van der Waals surface area contributed by atoms with Gasteiger partial charge >= 0.3 is 5.69 Å². The summed E-state index contributed by atoms with van der Waals surface area (Å²) in [5.74, 6) is 0.193. The van der Waals surface area contributed by atoms with E-state index in [-0.39, 0.29) is 23.1 Å². The summed E-state index contributed by atoms with van der Waals surface area (Å²) in [5, 5.41) is 21.2. The number of nitrogens with zero attached hydrogens (tertiary/aromatic N) is 4. The maximum absolute atomic E-state index is 11.2. The Labute approximate surface area is 110 Å². The van der Waals surface area contributed by atoms with Gasteiger partial charge in [-0.25, -0.2) is 4.98 Å². The summed E-state index contributed by atoms with van der Waals surface area (Å²) in [6.07, 6.45) is 1.41. The van der Waals surface area contributed by atoms with Crippen LogP contribution in [-0.4, -0.2) is 38.7 Å². The van der Waals surface area contributed by atoms with Crippen LogP contribution < -0.4 is 10.6 Å². The van der Waals surface area contributed by atoms with Crippen LogP contribution in [0.1, 0.15) is 25.5 Å². The number of nitrogens with two attached hydrogens (primary N) is 1. The van der Waals surface area contributed by atoms with E-state index >= 15 is 0 Å². The molecule has 0 bridgehead atoms. The number of piperidine rings is 1. The molecule has 1 saturated heterocycles. The third-order valence-corrected chi connectivity index (χ3v) is 3.21. The van der Waals surface area contributed by atoms with Crippen molar-refractivity contribution in [1.29, 1.82) is 0 Å². The van der Waals surface area contributed by atoms with Gasteiger partial charge in [-0.2, -0.15) is 4.98 Å². The molecule has 1 unspecified atom stereocenters. The molecule has 1 fully saturated rings. The summed E-state index contributed by atoms with van der Waals surface area (Å²) in [6, 6.07) is 0. The molecule has 19 heavy (non-hydrogen) atoms. The van der Waals surface area contributed by atoms with Crippen LogP contribution >= 0.6 is 0 Å². The predicted octanol–water partition coefficient (Wildman–Crippen LogP) is 0.627. The van der Waals surface area contributed by atoms with E-state index in [4.69, 9.17) is 5.73 Å². The van der Waals surface area contributed by atoms with Crippen LogP contribution in [0.5, 0.6) is 0 Å². The van der Waals surface area contributed by atoms with E-state index in [0.29, 0.717) is 19.5 Å². The predicted molar refractivity (Wildman–Crippen MR) is 69.9 cm³/mol. The average Bonchev–Trinajstić information content (AvgIpc) is 2.25. The van der Waals surface area contributed by atoms with E-state index < -0.39 is 10.5 Å². The van der Waals surface area contributed by atoms with Crippen molar-refractivity contribution in [3.05, 3.63) is 15.8 Å². The second kappa shape index (κ2) is 4.61. The van der Waals surface area contributed by atoms with Gasteiger partial charge in [-0.3, -0.25) is 10.1 Å². The Balaban J connectivity index is 2.46. The molecular formula is C11H17N5O3. The van der Waals surface area contributed by atoms with Gasteiger partial charge in [-0.15, -0.1) is 0 Å². The van der Waals surface area contributed by atoms with E-state index in [1.807, 2.05) is 0 Å². The number of anilines is 2. The van der Waals surface area contributed by atoms with Crippen LogP contribution in [-0.2, 0) is 0 Å². The third-order valence-electron chi connectivity index (χ3n) is 3.21. The minimum absolute atomic E-state index is 0.00307. The van der Waals surface area contributed by atoms with E-state index in [1.165, 1.54) is 6.92 Å². The molecule has 1 atom stereocenters. The molecule has 0 spiro atoms. The summed E-state index contributed by atoms with van der Waals surface area (Å²) < 4.78 is 0. The Morgan fingerprint density at radius 3 is 2.79 bits per heavy atom. The highest BCUT2D eigenvalue weighted by molar-refractivity contribution is 5.62. The molecule has 0 aliphatic carbocycles.